The Morgan fingerprint density at radius 2 is 2.22 bits per heavy atom. The lowest BCUT2D eigenvalue weighted by Gasteiger charge is -2.47. The summed E-state index contributed by atoms with van der Waals surface area (Å²) in [6, 6.07) is 6.13. The van der Waals surface area contributed by atoms with Crippen LogP contribution in [0.1, 0.15) is 38.2 Å². The first-order valence-electron chi connectivity index (χ1n) is 8.32. The van der Waals surface area contributed by atoms with Crippen LogP contribution in [0.25, 0.3) is 0 Å². The summed E-state index contributed by atoms with van der Waals surface area (Å²) in [7, 11) is 0. The van der Waals surface area contributed by atoms with Gasteiger partial charge >= 0.3 is 0 Å². The van der Waals surface area contributed by atoms with Gasteiger partial charge in [-0.05, 0) is 24.1 Å². The van der Waals surface area contributed by atoms with Crippen molar-refractivity contribution in [2.75, 3.05) is 19.7 Å². The van der Waals surface area contributed by atoms with Gasteiger partial charge in [-0.15, -0.1) is 0 Å². The molecule has 0 bridgehead atoms. The van der Waals surface area contributed by atoms with Gasteiger partial charge in [-0.25, -0.2) is 4.39 Å². The van der Waals surface area contributed by atoms with Crippen LogP contribution in [0.5, 0.6) is 0 Å². The Kier molecular flexibility index (Phi) is 4.43. The molecule has 0 saturated carbocycles. The molecule has 2 fully saturated rings. The molecule has 4 nitrogen and oxygen atoms in total. The Morgan fingerprint density at radius 1 is 1.43 bits per heavy atom. The molecule has 1 spiro atoms. The third-order valence-electron chi connectivity index (χ3n) is 4.85. The zero-order valence-electron chi connectivity index (χ0n) is 13.6. The van der Waals surface area contributed by atoms with E-state index in [9.17, 15) is 14.3 Å². The van der Waals surface area contributed by atoms with Gasteiger partial charge in [0.2, 0.25) is 5.91 Å². The molecule has 1 aromatic rings. The molecule has 23 heavy (non-hydrogen) atoms. The molecule has 1 N–H and O–H groups in total. The first kappa shape index (κ1) is 16.4. The van der Waals surface area contributed by atoms with Crippen molar-refractivity contribution >= 4 is 5.91 Å². The van der Waals surface area contributed by atoms with Crippen LogP contribution in [0.2, 0.25) is 0 Å². The van der Waals surface area contributed by atoms with E-state index in [4.69, 9.17) is 4.74 Å². The second-order valence-electron chi connectivity index (χ2n) is 7.03. The maximum absolute atomic E-state index is 13.2. The van der Waals surface area contributed by atoms with Gasteiger partial charge in [-0.2, -0.15) is 0 Å². The van der Waals surface area contributed by atoms with Gasteiger partial charge in [0.15, 0.2) is 0 Å². The van der Waals surface area contributed by atoms with Crippen LogP contribution < -0.4 is 0 Å². The van der Waals surface area contributed by atoms with E-state index in [2.05, 4.69) is 6.92 Å². The lowest BCUT2D eigenvalue weighted by molar-refractivity contribution is -0.157. The highest BCUT2D eigenvalue weighted by molar-refractivity contribution is 5.80. The van der Waals surface area contributed by atoms with Crippen LogP contribution in [-0.4, -0.2) is 46.8 Å². The van der Waals surface area contributed by atoms with Crippen molar-refractivity contribution in [2.45, 2.75) is 50.2 Å². The second kappa shape index (κ2) is 6.21. The third kappa shape index (κ3) is 3.56. The predicted octanol–water partition coefficient (Wildman–Crippen LogP) is 2.29. The van der Waals surface area contributed by atoms with E-state index in [1.165, 1.54) is 12.1 Å². The number of benzene rings is 1. The third-order valence-corrected chi connectivity index (χ3v) is 4.85. The number of hydrogen-bond donors (Lipinski definition) is 1. The Hall–Kier alpha value is -1.46. The van der Waals surface area contributed by atoms with E-state index in [0.717, 1.165) is 19.3 Å². The zero-order chi connectivity index (χ0) is 16.5. The SMILES string of the molecule is CCCCC1(O)COC2(CN(C(=O)Cc3cccc(F)c3)C2)C1. The summed E-state index contributed by atoms with van der Waals surface area (Å²) in [4.78, 5) is 14.0. The normalized spacial score (nSPS) is 25.6. The number of carbonyl (C=O) groups is 1. The van der Waals surface area contributed by atoms with Gasteiger partial charge in [-0.1, -0.05) is 31.9 Å². The number of ether oxygens (including phenoxy) is 1. The highest BCUT2D eigenvalue weighted by Crippen LogP contribution is 2.42. The lowest BCUT2D eigenvalue weighted by Crippen LogP contribution is -2.64. The van der Waals surface area contributed by atoms with Crippen molar-refractivity contribution in [1.29, 1.82) is 0 Å². The van der Waals surface area contributed by atoms with Gasteiger partial charge in [0.25, 0.3) is 0 Å². The minimum absolute atomic E-state index is 0.0196. The molecule has 0 aromatic heterocycles. The molecule has 5 heteroatoms. The number of hydrogen-bond acceptors (Lipinski definition) is 3. The van der Waals surface area contributed by atoms with Crippen LogP contribution in [0, 0.1) is 5.82 Å². The fraction of sp³-hybridized carbons (Fsp3) is 0.611. The molecule has 2 heterocycles. The standard InChI is InChI=1S/C18H24FNO3/c1-2-3-7-17(22)10-18(23-13-17)11-20(12-18)16(21)9-14-5-4-6-15(19)8-14/h4-6,8,22H,2-3,7,9-13H2,1H3. The van der Waals surface area contributed by atoms with E-state index in [1.54, 1.807) is 17.0 Å². The zero-order valence-corrected chi connectivity index (χ0v) is 13.6. The van der Waals surface area contributed by atoms with E-state index < -0.39 is 5.60 Å². The molecule has 3 rings (SSSR count). The Morgan fingerprint density at radius 3 is 2.91 bits per heavy atom. The average Bonchev–Trinajstić information content (AvgIpc) is 2.82. The van der Waals surface area contributed by atoms with Gasteiger partial charge in [-0.3, -0.25) is 4.79 Å². The van der Waals surface area contributed by atoms with Crippen LogP contribution >= 0.6 is 0 Å². The molecule has 2 saturated heterocycles. The van der Waals surface area contributed by atoms with Crippen molar-refractivity contribution < 1.29 is 19.0 Å². The average molecular weight is 321 g/mol. The number of rotatable bonds is 5. The summed E-state index contributed by atoms with van der Waals surface area (Å²) >= 11 is 0. The second-order valence-corrected chi connectivity index (χ2v) is 7.03. The molecule has 126 valence electrons. The molecular weight excluding hydrogens is 297 g/mol. The maximum Gasteiger partial charge on any atom is 0.227 e. The quantitative estimate of drug-likeness (QED) is 0.905. The summed E-state index contributed by atoms with van der Waals surface area (Å²) in [6.07, 6.45) is 3.59. The number of carbonyl (C=O) groups excluding carboxylic acids is 1. The van der Waals surface area contributed by atoms with E-state index in [-0.39, 0.29) is 23.7 Å². The van der Waals surface area contributed by atoms with E-state index in [1.807, 2.05) is 0 Å². The van der Waals surface area contributed by atoms with Crippen molar-refractivity contribution in [3.05, 3.63) is 35.6 Å². The maximum atomic E-state index is 13.2. The van der Waals surface area contributed by atoms with Crippen molar-refractivity contribution in [3.63, 3.8) is 0 Å². The number of amides is 1. The molecule has 0 aliphatic carbocycles. The van der Waals surface area contributed by atoms with Crippen molar-refractivity contribution in [3.8, 4) is 0 Å². The summed E-state index contributed by atoms with van der Waals surface area (Å²) in [5.41, 5.74) is -0.434. The number of likely N-dealkylation sites (tertiary alicyclic amines) is 1. The molecule has 0 radical (unpaired) electrons. The minimum Gasteiger partial charge on any atom is -0.387 e. The van der Waals surface area contributed by atoms with Crippen molar-refractivity contribution in [1.82, 2.24) is 4.90 Å². The highest BCUT2D eigenvalue weighted by Gasteiger charge is 2.55. The highest BCUT2D eigenvalue weighted by atomic mass is 19.1. The molecule has 1 aromatic carbocycles. The molecule has 1 unspecified atom stereocenters. The first-order chi connectivity index (χ1) is 10.9. The van der Waals surface area contributed by atoms with Gasteiger partial charge in [0.1, 0.15) is 11.4 Å². The number of halogens is 1. The Balaban J connectivity index is 1.52. The predicted molar refractivity (Wildman–Crippen MR) is 84.5 cm³/mol. The Labute approximate surface area is 136 Å². The molecule has 1 amide bonds. The molecule has 2 aliphatic heterocycles. The van der Waals surface area contributed by atoms with Gasteiger partial charge in [0, 0.05) is 6.42 Å². The summed E-state index contributed by atoms with van der Waals surface area (Å²) in [6.45, 7) is 3.51. The van der Waals surface area contributed by atoms with Gasteiger partial charge in [0.05, 0.1) is 31.7 Å². The smallest absolute Gasteiger partial charge is 0.227 e. The van der Waals surface area contributed by atoms with Crippen LogP contribution in [0.4, 0.5) is 4.39 Å². The number of unbranched alkanes of at least 4 members (excludes halogenated alkanes) is 1. The Bertz CT molecular complexity index is 585. The van der Waals surface area contributed by atoms with Crippen molar-refractivity contribution in [2.24, 2.45) is 0 Å². The number of aliphatic hydroxyl groups is 1. The molecule has 1 atom stereocenters. The monoisotopic (exact) mass is 321 g/mol. The van der Waals surface area contributed by atoms with Crippen LogP contribution in [0.3, 0.4) is 0 Å². The van der Waals surface area contributed by atoms with Crippen LogP contribution in [-0.2, 0) is 16.0 Å². The topological polar surface area (TPSA) is 49.8 Å². The molecule has 2 aliphatic rings. The van der Waals surface area contributed by atoms with E-state index in [0.29, 0.717) is 31.7 Å². The summed E-state index contributed by atoms with van der Waals surface area (Å²) in [5, 5.41) is 10.5. The minimum atomic E-state index is -0.742. The fourth-order valence-electron chi connectivity index (χ4n) is 3.62. The van der Waals surface area contributed by atoms with E-state index >= 15 is 0 Å². The largest absolute Gasteiger partial charge is 0.387 e. The fourth-order valence-corrected chi connectivity index (χ4v) is 3.62. The van der Waals surface area contributed by atoms with Crippen LogP contribution in [0.15, 0.2) is 24.3 Å². The lowest BCUT2D eigenvalue weighted by atomic mass is 9.82. The number of nitrogens with zero attached hydrogens (tertiary/aromatic N) is 1. The van der Waals surface area contributed by atoms with Gasteiger partial charge < -0.3 is 14.7 Å². The first-order valence-corrected chi connectivity index (χ1v) is 8.32. The summed E-state index contributed by atoms with van der Waals surface area (Å²) in [5.74, 6) is -0.343. The summed E-state index contributed by atoms with van der Waals surface area (Å²) < 4.78 is 19.0. The molecular formula is C18H24FNO3.